The Kier molecular flexibility index (Phi) is 6.00. The fourth-order valence-electron chi connectivity index (χ4n) is 4.32. The van der Waals surface area contributed by atoms with Crippen molar-refractivity contribution in [2.24, 2.45) is 0 Å². The Balaban J connectivity index is 1.23. The van der Waals surface area contributed by atoms with Gasteiger partial charge in [-0.15, -0.1) is 0 Å². The van der Waals surface area contributed by atoms with Gasteiger partial charge in [-0.2, -0.15) is 0 Å². The second kappa shape index (κ2) is 8.81. The van der Waals surface area contributed by atoms with E-state index in [-0.39, 0.29) is 0 Å². The van der Waals surface area contributed by atoms with Crippen molar-refractivity contribution in [3.05, 3.63) is 70.8 Å². The van der Waals surface area contributed by atoms with Gasteiger partial charge in [0.15, 0.2) is 5.78 Å². The lowest BCUT2D eigenvalue weighted by molar-refractivity contribution is 0.0922. The molecule has 2 aliphatic rings. The van der Waals surface area contributed by atoms with Crippen LogP contribution in [0.3, 0.4) is 0 Å². The van der Waals surface area contributed by atoms with E-state index in [1.165, 1.54) is 36.0 Å². The zero-order valence-electron chi connectivity index (χ0n) is 16.2. The summed E-state index contributed by atoms with van der Waals surface area (Å²) in [6.07, 6.45) is 5.50. The molecule has 0 N–H and O–H groups in total. The summed E-state index contributed by atoms with van der Waals surface area (Å²) in [5.41, 5.74) is 5.15. The molecule has 27 heavy (non-hydrogen) atoms. The van der Waals surface area contributed by atoms with Gasteiger partial charge < -0.3 is 4.90 Å². The molecule has 1 heterocycles. The van der Waals surface area contributed by atoms with Crippen molar-refractivity contribution >= 4 is 5.78 Å². The lowest BCUT2D eigenvalue weighted by atomic mass is 9.89. The number of hydrogen-bond acceptors (Lipinski definition) is 3. The van der Waals surface area contributed by atoms with Gasteiger partial charge in [0, 0.05) is 51.3 Å². The van der Waals surface area contributed by atoms with Crippen LogP contribution in [0.15, 0.2) is 48.5 Å². The first-order valence-electron chi connectivity index (χ1n) is 10.4. The molecule has 0 aromatic heterocycles. The number of Topliss-reactive ketones (excluding diaryl/α,β-unsaturated/α-hetero) is 1. The van der Waals surface area contributed by atoms with Crippen LogP contribution >= 0.6 is 0 Å². The first-order valence-corrected chi connectivity index (χ1v) is 10.4. The molecule has 1 saturated heterocycles. The third kappa shape index (κ3) is 4.85. The predicted molar refractivity (Wildman–Crippen MR) is 110 cm³/mol. The van der Waals surface area contributed by atoms with E-state index in [1.54, 1.807) is 0 Å². The van der Waals surface area contributed by atoms with Gasteiger partial charge in [-0.1, -0.05) is 42.5 Å². The molecule has 3 heteroatoms. The first kappa shape index (κ1) is 18.4. The number of piperazine rings is 1. The van der Waals surface area contributed by atoms with Gasteiger partial charge in [0.25, 0.3) is 0 Å². The average molecular weight is 363 g/mol. The van der Waals surface area contributed by atoms with Crippen molar-refractivity contribution in [2.45, 2.75) is 38.6 Å². The number of fused-ring (bicyclic) bond motifs is 1. The van der Waals surface area contributed by atoms with Crippen LogP contribution in [0.2, 0.25) is 0 Å². The summed E-state index contributed by atoms with van der Waals surface area (Å²) >= 11 is 0. The summed E-state index contributed by atoms with van der Waals surface area (Å²) in [6, 6.07) is 17.1. The molecule has 0 bridgehead atoms. The van der Waals surface area contributed by atoms with Crippen molar-refractivity contribution in [1.29, 1.82) is 0 Å². The number of ketones is 1. The van der Waals surface area contributed by atoms with Crippen LogP contribution in [0.5, 0.6) is 0 Å². The molecule has 0 spiro atoms. The molecule has 142 valence electrons. The van der Waals surface area contributed by atoms with Crippen molar-refractivity contribution in [3.8, 4) is 0 Å². The highest BCUT2D eigenvalue weighted by Gasteiger charge is 2.18. The molecule has 2 aromatic rings. The lowest BCUT2D eigenvalue weighted by Gasteiger charge is -2.34. The van der Waals surface area contributed by atoms with E-state index in [2.05, 4.69) is 52.3 Å². The van der Waals surface area contributed by atoms with Crippen LogP contribution < -0.4 is 0 Å². The summed E-state index contributed by atoms with van der Waals surface area (Å²) in [4.78, 5) is 17.6. The fourth-order valence-corrected chi connectivity index (χ4v) is 4.32. The second-order valence-corrected chi connectivity index (χ2v) is 7.97. The monoisotopic (exact) mass is 362 g/mol. The highest BCUT2D eigenvalue weighted by atomic mass is 16.1. The maximum absolute atomic E-state index is 12.6. The number of carbonyl (C=O) groups excluding carboxylic acids is 1. The zero-order chi connectivity index (χ0) is 18.5. The predicted octanol–water partition coefficient (Wildman–Crippen LogP) is 3.96. The van der Waals surface area contributed by atoms with Gasteiger partial charge in [0.05, 0.1) is 0 Å². The van der Waals surface area contributed by atoms with E-state index in [4.69, 9.17) is 0 Å². The average Bonchev–Trinajstić information content (AvgIpc) is 2.73. The van der Waals surface area contributed by atoms with Crippen LogP contribution in [0, 0.1) is 0 Å². The zero-order valence-corrected chi connectivity index (χ0v) is 16.2. The largest absolute Gasteiger partial charge is 0.300 e. The summed E-state index contributed by atoms with van der Waals surface area (Å²) in [7, 11) is 0. The van der Waals surface area contributed by atoms with E-state index in [9.17, 15) is 4.79 Å². The van der Waals surface area contributed by atoms with Crippen LogP contribution in [0.1, 0.15) is 46.3 Å². The standard InChI is InChI=1S/C24H30N2O/c27-24(23-11-10-21-8-4-5-9-22(21)18-23)12-13-25-14-16-26(17-15-25)19-20-6-2-1-3-7-20/h1-3,6-7,10-11,18H,4-5,8-9,12-17,19H2. The Morgan fingerprint density at radius 2 is 1.52 bits per heavy atom. The normalized spacial score (nSPS) is 18.2. The molecule has 1 aliphatic carbocycles. The molecule has 0 unspecified atom stereocenters. The molecule has 0 radical (unpaired) electrons. The SMILES string of the molecule is O=C(CCN1CCN(Cc2ccccc2)CC1)c1ccc2c(c1)CCCC2. The molecule has 1 fully saturated rings. The van der Waals surface area contributed by atoms with E-state index in [1.807, 2.05) is 6.07 Å². The van der Waals surface area contributed by atoms with Gasteiger partial charge in [-0.25, -0.2) is 0 Å². The smallest absolute Gasteiger partial charge is 0.164 e. The van der Waals surface area contributed by atoms with Crippen LogP contribution in [0.4, 0.5) is 0 Å². The molecule has 2 aromatic carbocycles. The lowest BCUT2D eigenvalue weighted by Crippen LogP contribution is -2.46. The second-order valence-electron chi connectivity index (χ2n) is 7.97. The summed E-state index contributed by atoms with van der Waals surface area (Å²) in [6.45, 7) is 6.20. The molecule has 0 saturated carbocycles. The Bertz CT molecular complexity index is 763. The Labute approximate surface area is 163 Å². The molecule has 0 atom stereocenters. The molecular weight excluding hydrogens is 332 g/mol. The van der Waals surface area contributed by atoms with E-state index >= 15 is 0 Å². The van der Waals surface area contributed by atoms with Gasteiger partial charge in [0.2, 0.25) is 0 Å². The van der Waals surface area contributed by atoms with Crippen molar-refractivity contribution in [3.63, 3.8) is 0 Å². The van der Waals surface area contributed by atoms with Gasteiger partial charge in [-0.3, -0.25) is 9.69 Å². The number of nitrogens with zero attached hydrogens (tertiary/aromatic N) is 2. The number of hydrogen-bond donors (Lipinski definition) is 0. The van der Waals surface area contributed by atoms with Gasteiger partial charge in [-0.05, 0) is 48.4 Å². The fraction of sp³-hybridized carbons (Fsp3) is 0.458. The maximum atomic E-state index is 12.6. The minimum Gasteiger partial charge on any atom is -0.300 e. The number of aryl methyl sites for hydroxylation is 2. The first-order chi connectivity index (χ1) is 13.3. The van der Waals surface area contributed by atoms with Crippen LogP contribution in [-0.4, -0.2) is 48.3 Å². The van der Waals surface area contributed by atoms with E-state index in [0.29, 0.717) is 12.2 Å². The quantitative estimate of drug-likeness (QED) is 0.727. The summed E-state index contributed by atoms with van der Waals surface area (Å²) in [5, 5.41) is 0. The topological polar surface area (TPSA) is 23.6 Å². The van der Waals surface area contributed by atoms with Gasteiger partial charge in [0.1, 0.15) is 0 Å². The highest BCUT2D eigenvalue weighted by Crippen LogP contribution is 2.23. The van der Waals surface area contributed by atoms with Gasteiger partial charge >= 0.3 is 0 Å². The van der Waals surface area contributed by atoms with E-state index in [0.717, 1.165) is 51.3 Å². The number of carbonyl (C=O) groups is 1. The Morgan fingerprint density at radius 3 is 2.30 bits per heavy atom. The minimum absolute atomic E-state index is 0.301. The molecule has 3 nitrogen and oxygen atoms in total. The van der Waals surface area contributed by atoms with Crippen molar-refractivity contribution in [2.75, 3.05) is 32.7 Å². The Morgan fingerprint density at radius 1 is 0.815 bits per heavy atom. The number of benzene rings is 2. The summed E-state index contributed by atoms with van der Waals surface area (Å²) in [5.74, 6) is 0.301. The molecule has 0 amide bonds. The third-order valence-electron chi connectivity index (χ3n) is 6.04. The number of rotatable bonds is 6. The molecule has 4 rings (SSSR count). The van der Waals surface area contributed by atoms with E-state index < -0.39 is 0 Å². The third-order valence-corrected chi connectivity index (χ3v) is 6.04. The van der Waals surface area contributed by atoms with Crippen molar-refractivity contribution in [1.82, 2.24) is 9.80 Å². The molecular formula is C24H30N2O. The minimum atomic E-state index is 0.301. The summed E-state index contributed by atoms with van der Waals surface area (Å²) < 4.78 is 0. The van der Waals surface area contributed by atoms with Crippen molar-refractivity contribution < 1.29 is 4.79 Å². The van der Waals surface area contributed by atoms with Crippen LogP contribution in [-0.2, 0) is 19.4 Å². The molecule has 1 aliphatic heterocycles. The van der Waals surface area contributed by atoms with Crippen LogP contribution in [0.25, 0.3) is 0 Å². The highest BCUT2D eigenvalue weighted by molar-refractivity contribution is 5.96. The maximum Gasteiger partial charge on any atom is 0.164 e. The Hall–Kier alpha value is -1.97.